The standard InChI is InChI=1S/C33H56O3Si/c1-21-12-17-33(34-20-21)22(2)29-28(35-33)19-27-25-11-10-23-18-24(36-37(8,9)30(3,4)5)13-15-31(23,6)26(25)14-16-32(27,29)7/h10,21-22,24-29H,11-20H2,1-9H3/t21?,22-,24-,25+,26-,27-,28-,29-,31-,32-,33+/m0/s1. The zero-order valence-electron chi connectivity index (χ0n) is 25.5. The zero-order chi connectivity index (χ0) is 26.6. The number of fused-ring (bicyclic) bond motifs is 7. The zero-order valence-corrected chi connectivity index (χ0v) is 26.5. The first kappa shape index (κ1) is 27.0. The van der Waals surface area contributed by atoms with E-state index in [0.29, 0.717) is 40.8 Å². The van der Waals surface area contributed by atoms with Gasteiger partial charge in [-0.2, -0.15) is 0 Å². The van der Waals surface area contributed by atoms with Gasteiger partial charge in [0.05, 0.1) is 12.7 Å². The van der Waals surface area contributed by atoms with Crippen LogP contribution in [0.1, 0.15) is 106 Å². The van der Waals surface area contributed by atoms with E-state index in [2.05, 4.69) is 67.6 Å². The lowest BCUT2D eigenvalue weighted by Gasteiger charge is -2.59. The Morgan fingerprint density at radius 3 is 2.43 bits per heavy atom. The maximum absolute atomic E-state index is 6.98. The van der Waals surface area contributed by atoms with Crippen LogP contribution in [0.4, 0.5) is 0 Å². The van der Waals surface area contributed by atoms with Gasteiger partial charge >= 0.3 is 0 Å². The van der Waals surface area contributed by atoms with Gasteiger partial charge in [-0.15, -0.1) is 0 Å². The lowest BCUT2D eigenvalue weighted by atomic mass is 9.47. The molecule has 0 aromatic heterocycles. The van der Waals surface area contributed by atoms with Crippen molar-refractivity contribution < 1.29 is 13.9 Å². The van der Waals surface area contributed by atoms with E-state index >= 15 is 0 Å². The molecule has 0 radical (unpaired) electrons. The summed E-state index contributed by atoms with van der Waals surface area (Å²) in [7, 11) is -1.73. The van der Waals surface area contributed by atoms with Crippen LogP contribution in [-0.4, -0.2) is 32.9 Å². The van der Waals surface area contributed by atoms with Crippen molar-refractivity contribution in [3.63, 3.8) is 0 Å². The highest BCUT2D eigenvalue weighted by molar-refractivity contribution is 6.74. The van der Waals surface area contributed by atoms with E-state index in [4.69, 9.17) is 13.9 Å². The van der Waals surface area contributed by atoms with E-state index in [1.807, 2.05) is 0 Å². The van der Waals surface area contributed by atoms with Crippen LogP contribution in [0.2, 0.25) is 18.1 Å². The maximum atomic E-state index is 6.98. The van der Waals surface area contributed by atoms with Gasteiger partial charge in [-0.3, -0.25) is 0 Å². The molecule has 0 aromatic carbocycles. The molecule has 5 fully saturated rings. The van der Waals surface area contributed by atoms with Gasteiger partial charge in [-0.05, 0) is 110 Å². The highest BCUT2D eigenvalue weighted by atomic mass is 28.4. The van der Waals surface area contributed by atoms with Crippen molar-refractivity contribution in [1.29, 1.82) is 0 Å². The molecule has 3 saturated carbocycles. The van der Waals surface area contributed by atoms with Gasteiger partial charge in [0, 0.05) is 18.4 Å². The first-order valence-electron chi connectivity index (χ1n) is 15.9. The van der Waals surface area contributed by atoms with Crippen LogP contribution in [0.15, 0.2) is 11.6 Å². The van der Waals surface area contributed by atoms with Crippen molar-refractivity contribution in [2.75, 3.05) is 6.61 Å². The summed E-state index contributed by atoms with van der Waals surface area (Å²) >= 11 is 0. The first-order chi connectivity index (χ1) is 17.2. The number of hydrogen-bond donors (Lipinski definition) is 0. The third-order valence-corrected chi connectivity index (χ3v) is 18.1. The van der Waals surface area contributed by atoms with E-state index in [0.717, 1.165) is 30.8 Å². The molecule has 6 rings (SSSR count). The minimum Gasteiger partial charge on any atom is -0.414 e. The van der Waals surface area contributed by atoms with E-state index in [1.165, 1.54) is 51.4 Å². The van der Waals surface area contributed by atoms with Gasteiger partial charge in [-0.25, -0.2) is 0 Å². The lowest BCUT2D eigenvalue weighted by Crippen LogP contribution is -2.53. The molecule has 37 heavy (non-hydrogen) atoms. The van der Waals surface area contributed by atoms with Gasteiger partial charge in [0.25, 0.3) is 0 Å². The van der Waals surface area contributed by atoms with Crippen molar-refractivity contribution in [3.05, 3.63) is 11.6 Å². The molecule has 0 aromatic rings. The summed E-state index contributed by atoms with van der Waals surface area (Å²) in [5, 5.41) is 0.285. The molecule has 0 amide bonds. The fraction of sp³-hybridized carbons (Fsp3) is 0.939. The Labute approximate surface area is 229 Å². The molecule has 0 N–H and O–H groups in total. The van der Waals surface area contributed by atoms with Crippen molar-refractivity contribution >= 4 is 8.32 Å². The van der Waals surface area contributed by atoms with E-state index in [9.17, 15) is 0 Å². The average Bonchev–Trinajstić information content (AvgIpc) is 3.25. The lowest BCUT2D eigenvalue weighted by molar-refractivity contribution is -0.272. The molecular weight excluding hydrogens is 472 g/mol. The molecule has 0 bridgehead atoms. The average molecular weight is 529 g/mol. The maximum Gasteiger partial charge on any atom is 0.192 e. The van der Waals surface area contributed by atoms with Crippen LogP contribution in [0.3, 0.4) is 0 Å². The van der Waals surface area contributed by atoms with Crippen LogP contribution in [0, 0.1) is 46.3 Å². The summed E-state index contributed by atoms with van der Waals surface area (Å²) in [4.78, 5) is 0. The highest BCUT2D eigenvalue weighted by Crippen LogP contribution is 2.70. The summed E-state index contributed by atoms with van der Waals surface area (Å²) in [5.74, 6) is 4.04. The topological polar surface area (TPSA) is 27.7 Å². The van der Waals surface area contributed by atoms with Gasteiger partial charge in [0.2, 0.25) is 0 Å². The molecule has 2 heterocycles. The summed E-state index contributed by atoms with van der Waals surface area (Å²) in [6.45, 7) is 23.0. The Balaban J connectivity index is 1.20. The van der Waals surface area contributed by atoms with Crippen molar-refractivity contribution in [3.8, 4) is 0 Å². The second-order valence-electron chi connectivity index (χ2n) is 16.5. The van der Waals surface area contributed by atoms with E-state index < -0.39 is 8.32 Å². The molecule has 4 aliphatic carbocycles. The molecule has 6 aliphatic rings. The van der Waals surface area contributed by atoms with Gasteiger partial charge in [0.1, 0.15) is 0 Å². The van der Waals surface area contributed by atoms with Crippen LogP contribution >= 0.6 is 0 Å². The Hall–Kier alpha value is -0.163. The summed E-state index contributed by atoms with van der Waals surface area (Å²) in [5.41, 5.74) is 2.54. The van der Waals surface area contributed by atoms with Crippen LogP contribution in [0.5, 0.6) is 0 Å². The predicted molar refractivity (Wildman–Crippen MR) is 154 cm³/mol. The fourth-order valence-corrected chi connectivity index (χ4v) is 11.7. The monoisotopic (exact) mass is 528 g/mol. The van der Waals surface area contributed by atoms with Crippen molar-refractivity contribution in [2.24, 2.45) is 46.3 Å². The van der Waals surface area contributed by atoms with Crippen LogP contribution in [-0.2, 0) is 13.9 Å². The number of hydrogen-bond acceptors (Lipinski definition) is 3. The number of rotatable bonds is 2. The minimum absolute atomic E-state index is 0.285. The summed E-state index contributed by atoms with van der Waals surface area (Å²) in [6, 6.07) is 0. The fourth-order valence-electron chi connectivity index (χ4n) is 10.3. The molecule has 2 aliphatic heterocycles. The molecule has 1 unspecified atom stereocenters. The van der Waals surface area contributed by atoms with E-state index in [1.54, 1.807) is 5.57 Å². The summed E-state index contributed by atoms with van der Waals surface area (Å²) in [6.07, 6.45) is 15.0. The van der Waals surface area contributed by atoms with Crippen molar-refractivity contribution in [2.45, 2.75) is 142 Å². The van der Waals surface area contributed by atoms with Crippen molar-refractivity contribution in [1.82, 2.24) is 0 Å². The molecule has 4 heteroatoms. The smallest absolute Gasteiger partial charge is 0.192 e. The minimum atomic E-state index is -1.73. The number of ether oxygens (including phenoxy) is 2. The summed E-state index contributed by atoms with van der Waals surface area (Å²) < 4.78 is 20.5. The molecule has 2 saturated heterocycles. The molecule has 3 nitrogen and oxygen atoms in total. The molecular formula is C33H56O3Si. The second-order valence-corrected chi connectivity index (χ2v) is 21.3. The van der Waals surface area contributed by atoms with Gasteiger partial charge < -0.3 is 13.9 Å². The van der Waals surface area contributed by atoms with E-state index in [-0.39, 0.29) is 10.8 Å². The van der Waals surface area contributed by atoms with Crippen LogP contribution < -0.4 is 0 Å². The Bertz CT molecular complexity index is 926. The Kier molecular flexibility index (Phi) is 6.33. The SMILES string of the molecule is CC1CC[C@@]2(OC1)O[C@H]1C[C@H]3[C@@H]4CC=C5C[C@@H](O[Si](C)(C)C(C)(C)C)CC[C@]5(C)[C@H]4CC[C@]3(C)[C@H]1[C@@H]2C. The predicted octanol–water partition coefficient (Wildman–Crippen LogP) is 8.74. The molecule has 11 atom stereocenters. The van der Waals surface area contributed by atoms with Gasteiger partial charge in [0.15, 0.2) is 14.1 Å². The third kappa shape index (κ3) is 3.96. The van der Waals surface area contributed by atoms with Crippen LogP contribution in [0.25, 0.3) is 0 Å². The first-order valence-corrected chi connectivity index (χ1v) is 18.8. The quantitative estimate of drug-likeness (QED) is 0.265. The second kappa shape index (κ2) is 8.67. The largest absolute Gasteiger partial charge is 0.414 e. The highest BCUT2D eigenvalue weighted by Gasteiger charge is 2.68. The molecule has 210 valence electrons. The Morgan fingerprint density at radius 2 is 1.76 bits per heavy atom. The number of allylic oxidation sites excluding steroid dienone is 1. The Morgan fingerprint density at radius 1 is 1.00 bits per heavy atom. The normalized spacial score (nSPS) is 51.8. The third-order valence-electron chi connectivity index (χ3n) is 13.6. The van der Waals surface area contributed by atoms with Gasteiger partial charge in [-0.1, -0.05) is 60.1 Å². The molecule has 1 spiro atoms.